The zero-order valence-corrected chi connectivity index (χ0v) is 9.73. The summed E-state index contributed by atoms with van der Waals surface area (Å²) in [4.78, 5) is 46.8. The zero-order valence-electron chi connectivity index (χ0n) is 9.73. The molecule has 0 radical (unpaired) electrons. The number of anilines is 2. The van der Waals surface area contributed by atoms with Gasteiger partial charge in [0.25, 0.3) is 11.7 Å². The van der Waals surface area contributed by atoms with Gasteiger partial charge in [-0.15, -0.1) is 0 Å². The number of carbonyl (C=O) groups excluding carboxylic acids is 4. The number of benzene rings is 1. The van der Waals surface area contributed by atoms with Crippen molar-refractivity contribution in [3.8, 4) is 0 Å². The molecular formula is C12H9N3O4. The largest absolute Gasteiger partial charge is 0.353 e. The van der Waals surface area contributed by atoms with E-state index in [2.05, 4.69) is 10.6 Å². The van der Waals surface area contributed by atoms with E-state index in [1.54, 1.807) is 17.0 Å². The van der Waals surface area contributed by atoms with Crippen LogP contribution in [0, 0.1) is 0 Å². The third kappa shape index (κ3) is 1.85. The van der Waals surface area contributed by atoms with Gasteiger partial charge < -0.3 is 10.2 Å². The Kier molecular flexibility index (Phi) is 2.34. The number of hydrogen-bond acceptors (Lipinski definition) is 5. The molecular weight excluding hydrogens is 250 g/mol. The van der Waals surface area contributed by atoms with E-state index >= 15 is 0 Å². The van der Waals surface area contributed by atoms with E-state index in [1.807, 2.05) is 0 Å². The summed E-state index contributed by atoms with van der Waals surface area (Å²) in [5, 5.41) is 4.65. The zero-order chi connectivity index (χ0) is 13.6. The summed E-state index contributed by atoms with van der Waals surface area (Å²) in [6.07, 6.45) is 0. The molecule has 0 aromatic heterocycles. The molecule has 0 aliphatic carbocycles. The van der Waals surface area contributed by atoms with Gasteiger partial charge in [0.15, 0.2) is 0 Å². The summed E-state index contributed by atoms with van der Waals surface area (Å²) >= 11 is 0. The molecule has 0 bridgehead atoms. The number of rotatable bonds is 1. The highest BCUT2D eigenvalue weighted by Crippen LogP contribution is 2.28. The van der Waals surface area contributed by atoms with Gasteiger partial charge in [-0.2, -0.15) is 0 Å². The Morgan fingerprint density at radius 2 is 1.63 bits per heavy atom. The second-order valence-corrected chi connectivity index (χ2v) is 4.34. The molecule has 2 heterocycles. The Balaban J connectivity index is 1.93. The smallest absolute Gasteiger partial charge is 0.296 e. The topological polar surface area (TPSA) is 95.6 Å². The van der Waals surface area contributed by atoms with E-state index < -0.39 is 11.7 Å². The first-order valence-corrected chi connectivity index (χ1v) is 5.62. The van der Waals surface area contributed by atoms with Crippen molar-refractivity contribution in [1.82, 2.24) is 5.32 Å². The van der Waals surface area contributed by atoms with Crippen molar-refractivity contribution in [2.45, 2.75) is 0 Å². The first-order valence-electron chi connectivity index (χ1n) is 5.62. The minimum Gasteiger partial charge on any atom is -0.353 e. The van der Waals surface area contributed by atoms with Crippen LogP contribution in [0.3, 0.4) is 0 Å². The van der Waals surface area contributed by atoms with Crippen molar-refractivity contribution in [2.75, 3.05) is 23.3 Å². The van der Waals surface area contributed by atoms with E-state index in [-0.39, 0.29) is 24.9 Å². The van der Waals surface area contributed by atoms with Gasteiger partial charge >= 0.3 is 0 Å². The van der Waals surface area contributed by atoms with Gasteiger partial charge in [-0.05, 0) is 18.2 Å². The quantitative estimate of drug-likeness (QED) is 0.513. The molecule has 2 aliphatic heterocycles. The molecule has 2 aliphatic rings. The SMILES string of the molecule is O=C1CN(c2ccc3c(c2)NC(=O)C3=O)CC(=O)N1. The van der Waals surface area contributed by atoms with Crippen molar-refractivity contribution < 1.29 is 19.2 Å². The normalized spacial score (nSPS) is 18.2. The molecule has 19 heavy (non-hydrogen) atoms. The molecule has 0 saturated carbocycles. The molecule has 2 N–H and O–H groups in total. The number of fused-ring (bicyclic) bond motifs is 1. The first kappa shape index (κ1) is 11.4. The predicted octanol–water partition coefficient (Wildman–Crippen LogP) is -0.716. The molecule has 7 heteroatoms. The number of Topliss-reactive ketones (excluding diaryl/α,β-unsaturated/α-hetero) is 1. The van der Waals surface area contributed by atoms with Gasteiger partial charge in [-0.25, -0.2) is 0 Å². The second kappa shape index (κ2) is 3.91. The van der Waals surface area contributed by atoms with E-state index in [4.69, 9.17) is 0 Å². The molecule has 1 fully saturated rings. The minimum absolute atomic E-state index is 0.0619. The maximum absolute atomic E-state index is 11.4. The number of ketones is 1. The standard InChI is InChI=1S/C12H9N3O4/c16-9-4-15(5-10(17)14-9)6-1-2-7-8(3-6)13-12(19)11(7)18/h1-3H,4-5H2,(H,13,18,19)(H,14,16,17). The van der Waals surface area contributed by atoms with Gasteiger partial charge in [-0.3, -0.25) is 24.5 Å². The Hall–Kier alpha value is -2.70. The number of piperazine rings is 1. The van der Waals surface area contributed by atoms with Crippen LogP contribution in [0.25, 0.3) is 0 Å². The van der Waals surface area contributed by atoms with Crippen molar-refractivity contribution in [1.29, 1.82) is 0 Å². The lowest BCUT2D eigenvalue weighted by Crippen LogP contribution is -2.51. The van der Waals surface area contributed by atoms with Crippen LogP contribution < -0.4 is 15.5 Å². The molecule has 7 nitrogen and oxygen atoms in total. The minimum atomic E-state index is -0.667. The molecule has 0 atom stereocenters. The van der Waals surface area contributed by atoms with E-state index in [9.17, 15) is 19.2 Å². The third-order valence-corrected chi connectivity index (χ3v) is 3.02. The summed E-state index contributed by atoms with van der Waals surface area (Å²) in [6.45, 7) is 0.124. The van der Waals surface area contributed by atoms with Crippen LogP contribution in [-0.4, -0.2) is 36.6 Å². The van der Waals surface area contributed by atoms with Crippen LogP contribution in [0.4, 0.5) is 11.4 Å². The number of nitrogens with zero attached hydrogens (tertiary/aromatic N) is 1. The summed E-state index contributed by atoms with van der Waals surface area (Å²) in [5.74, 6) is -2.00. The summed E-state index contributed by atoms with van der Waals surface area (Å²) in [7, 11) is 0. The van der Waals surface area contributed by atoms with Crippen molar-refractivity contribution >= 4 is 34.9 Å². The highest BCUT2D eigenvalue weighted by molar-refractivity contribution is 6.51. The molecule has 3 rings (SSSR count). The molecule has 0 spiro atoms. The van der Waals surface area contributed by atoms with Crippen LogP contribution in [-0.2, 0) is 14.4 Å². The lowest BCUT2D eigenvalue weighted by atomic mass is 10.1. The fourth-order valence-electron chi connectivity index (χ4n) is 2.15. The molecule has 3 amide bonds. The van der Waals surface area contributed by atoms with Gasteiger partial charge in [0, 0.05) is 5.69 Å². The van der Waals surface area contributed by atoms with E-state index in [0.717, 1.165) is 0 Å². The van der Waals surface area contributed by atoms with Crippen LogP contribution >= 0.6 is 0 Å². The maximum Gasteiger partial charge on any atom is 0.296 e. The Labute approximate surface area is 107 Å². The van der Waals surface area contributed by atoms with Crippen LogP contribution in [0.2, 0.25) is 0 Å². The van der Waals surface area contributed by atoms with Crippen LogP contribution in [0.5, 0.6) is 0 Å². The van der Waals surface area contributed by atoms with Crippen LogP contribution in [0.1, 0.15) is 10.4 Å². The van der Waals surface area contributed by atoms with Crippen molar-refractivity contribution in [3.63, 3.8) is 0 Å². The number of imide groups is 1. The van der Waals surface area contributed by atoms with Gasteiger partial charge in [-0.1, -0.05) is 0 Å². The van der Waals surface area contributed by atoms with Crippen LogP contribution in [0.15, 0.2) is 18.2 Å². The highest BCUT2D eigenvalue weighted by atomic mass is 16.2. The number of carbonyl (C=O) groups is 4. The van der Waals surface area contributed by atoms with Crippen molar-refractivity contribution in [3.05, 3.63) is 23.8 Å². The predicted molar refractivity (Wildman–Crippen MR) is 64.8 cm³/mol. The first-order chi connectivity index (χ1) is 9.04. The van der Waals surface area contributed by atoms with E-state index in [0.29, 0.717) is 16.9 Å². The van der Waals surface area contributed by atoms with Gasteiger partial charge in [0.1, 0.15) is 0 Å². The molecule has 0 unspecified atom stereocenters. The second-order valence-electron chi connectivity index (χ2n) is 4.34. The fourth-order valence-corrected chi connectivity index (χ4v) is 2.15. The molecule has 1 aromatic rings. The van der Waals surface area contributed by atoms with Crippen molar-refractivity contribution in [2.24, 2.45) is 0 Å². The molecule has 1 saturated heterocycles. The summed E-state index contributed by atoms with van der Waals surface area (Å²) in [6, 6.07) is 4.72. The third-order valence-electron chi connectivity index (χ3n) is 3.02. The molecule has 1 aromatic carbocycles. The van der Waals surface area contributed by atoms with E-state index in [1.165, 1.54) is 6.07 Å². The number of hydrogen-bond donors (Lipinski definition) is 2. The molecule has 96 valence electrons. The van der Waals surface area contributed by atoms with Gasteiger partial charge in [0.05, 0.1) is 24.3 Å². The highest BCUT2D eigenvalue weighted by Gasteiger charge is 2.29. The average molecular weight is 259 g/mol. The number of nitrogens with one attached hydrogen (secondary N) is 2. The maximum atomic E-state index is 11.4. The Morgan fingerprint density at radius 3 is 2.32 bits per heavy atom. The monoisotopic (exact) mass is 259 g/mol. The van der Waals surface area contributed by atoms with Gasteiger partial charge in [0.2, 0.25) is 11.8 Å². The fraction of sp³-hybridized carbons (Fsp3) is 0.167. The lowest BCUT2D eigenvalue weighted by Gasteiger charge is -2.27. The number of amides is 3. The lowest BCUT2D eigenvalue weighted by molar-refractivity contribution is -0.130. The Bertz CT molecular complexity index is 622. The summed E-state index contributed by atoms with van der Waals surface area (Å²) < 4.78 is 0. The summed E-state index contributed by atoms with van der Waals surface area (Å²) in [5.41, 5.74) is 1.32. The average Bonchev–Trinajstić information content (AvgIpc) is 2.63. The Morgan fingerprint density at radius 1 is 0.947 bits per heavy atom.